The van der Waals surface area contributed by atoms with Crippen LogP contribution in [0, 0.1) is 0 Å². The van der Waals surface area contributed by atoms with Crippen LogP contribution in [0.1, 0.15) is 16.2 Å². The van der Waals surface area contributed by atoms with Crippen molar-refractivity contribution in [3.63, 3.8) is 0 Å². The maximum Gasteiger partial charge on any atom is 0.276 e. The SMILES string of the molecule is COc1cc(C(=O)Nc2nc(CC(N)=O)cs2)ncn1. The summed E-state index contributed by atoms with van der Waals surface area (Å²) in [7, 11) is 1.45. The molecule has 0 radical (unpaired) electrons. The lowest BCUT2D eigenvalue weighted by Gasteiger charge is -2.02. The van der Waals surface area contributed by atoms with Crippen molar-refractivity contribution >= 4 is 28.3 Å². The summed E-state index contributed by atoms with van der Waals surface area (Å²) in [6, 6.07) is 1.41. The summed E-state index contributed by atoms with van der Waals surface area (Å²) in [6.07, 6.45) is 1.27. The van der Waals surface area contributed by atoms with E-state index in [1.807, 2.05) is 0 Å². The van der Waals surface area contributed by atoms with Crippen molar-refractivity contribution in [1.29, 1.82) is 0 Å². The number of nitrogens with zero attached hydrogens (tertiary/aromatic N) is 3. The maximum atomic E-state index is 11.9. The molecule has 2 rings (SSSR count). The van der Waals surface area contributed by atoms with Gasteiger partial charge < -0.3 is 10.5 Å². The van der Waals surface area contributed by atoms with E-state index in [9.17, 15) is 9.59 Å². The molecular weight excluding hydrogens is 282 g/mol. The smallest absolute Gasteiger partial charge is 0.276 e. The van der Waals surface area contributed by atoms with Gasteiger partial charge in [0.2, 0.25) is 11.8 Å². The normalized spacial score (nSPS) is 10.1. The average Bonchev–Trinajstić information content (AvgIpc) is 2.85. The molecule has 2 heterocycles. The zero-order valence-corrected chi connectivity index (χ0v) is 11.3. The maximum absolute atomic E-state index is 11.9. The zero-order chi connectivity index (χ0) is 14.5. The van der Waals surface area contributed by atoms with Gasteiger partial charge in [0.25, 0.3) is 5.91 Å². The number of carbonyl (C=O) groups is 2. The predicted molar refractivity (Wildman–Crippen MR) is 71.5 cm³/mol. The summed E-state index contributed by atoms with van der Waals surface area (Å²) in [5.41, 5.74) is 5.73. The van der Waals surface area contributed by atoms with Crippen LogP contribution in [-0.2, 0) is 11.2 Å². The van der Waals surface area contributed by atoms with Crippen LogP contribution in [0.5, 0.6) is 5.88 Å². The van der Waals surface area contributed by atoms with E-state index >= 15 is 0 Å². The lowest BCUT2D eigenvalue weighted by Crippen LogP contribution is -2.15. The molecular formula is C11H11N5O3S. The molecule has 0 aliphatic rings. The summed E-state index contributed by atoms with van der Waals surface area (Å²) in [4.78, 5) is 34.4. The fourth-order valence-corrected chi connectivity index (χ4v) is 2.07. The highest BCUT2D eigenvalue weighted by molar-refractivity contribution is 7.14. The number of primary amides is 1. The van der Waals surface area contributed by atoms with E-state index in [1.165, 1.54) is 30.8 Å². The number of methoxy groups -OCH3 is 1. The van der Waals surface area contributed by atoms with Crippen LogP contribution >= 0.6 is 11.3 Å². The fraction of sp³-hybridized carbons (Fsp3) is 0.182. The molecule has 2 amide bonds. The first kappa shape index (κ1) is 13.9. The molecule has 20 heavy (non-hydrogen) atoms. The Hall–Kier alpha value is -2.55. The molecule has 0 unspecified atom stereocenters. The second kappa shape index (κ2) is 6.06. The van der Waals surface area contributed by atoms with Crippen molar-refractivity contribution in [3.8, 4) is 5.88 Å². The average molecular weight is 293 g/mol. The first-order valence-corrected chi connectivity index (χ1v) is 6.36. The van der Waals surface area contributed by atoms with Gasteiger partial charge in [-0.1, -0.05) is 0 Å². The van der Waals surface area contributed by atoms with Gasteiger partial charge in [-0.2, -0.15) is 0 Å². The highest BCUT2D eigenvalue weighted by Crippen LogP contribution is 2.17. The van der Waals surface area contributed by atoms with Crippen LogP contribution in [0.3, 0.4) is 0 Å². The van der Waals surface area contributed by atoms with E-state index in [0.29, 0.717) is 16.7 Å². The van der Waals surface area contributed by atoms with Gasteiger partial charge in [0, 0.05) is 11.4 Å². The van der Waals surface area contributed by atoms with Crippen molar-refractivity contribution < 1.29 is 14.3 Å². The summed E-state index contributed by atoms with van der Waals surface area (Å²) >= 11 is 1.20. The van der Waals surface area contributed by atoms with E-state index in [2.05, 4.69) is 20.3 Å². The third-order valence-electron chi connectivity index (χ3n) is 2.21. The van der Waals surface area contributed by atoms with Crippen LogP contribution in [-0.4, -0.2) is 33.9 Å². The van der Waals surface area contributed by atoms with E-state index < -0.39 is 11.8 Å². The molecule has 2 aromatic rings. The molecule has 0 aromatic carbocycles. The summed E-state index contributed by atoms with van der Waals surface area (Å²) < 4.78 is 4.91. The van der Waals surface area contributed by atoms with Crippen molar-refractivity contribution in [2.24, 2.45) is 5.73 Å². The number of rotatable bonds is 5. The Balaban J connectivity index is 2.07. The van der Waals surface area contributed by atoms with Gasteiger partial charge in [0.1, 0.15) is 12.0 Å². The number of carbonyl (C=O) groups excluding carboxylic acids is 2. The van der Waals surface area contributed by atoms with Crippen LogP contribution in [0.25, 0.3) is 0 Å². The van der Waals surface area contributed by atoms with E-state index in [1.54, 1.807) is 5.38 Å². The standard InChI is InChI=1S/C11H11N5O3S/c1-19-9-3-7(13-5-14-9)10(18)16-11-15-6(4-20-11)2-8(12)17/h3-5H,2H2,1H3,(H2,12,17)(H,15,16,18). The topological polar surface area (TPSA) is 120 Å². The molecule has 3 N–H and O–H groups in total. The molecule has 0 saturated heterocycles. The Labute approximate surface area is 118 Å². The Morgan fingerprint density at radius 2 is 2.25 bits per heavy atom. The second-order valence-electron chi connectivity index (χ2n) is 3.69. The molecule has 8 nitrogen and oxygen atoms in total. The van der Waals surface area contributed by atoms with Crippen LogP contribution in [0.2, 0.25) is 0 Å². The van der Waals surface area contributed by atoms with Gasteiger partial charge in [-0.3, -0.25) is 14.9 Å². The highest BCUT2D eigenvalue weighted by Gasteiger charge is 2.12. The number of anilines is 1. The lowest BCUT2D eigenvalue weighted by molar-refractivity contribution is -0.117. The molecule has 0 bridgehead atoms. The summed E-state index contributed by atoms with van der Waals surface area (Å²) in [5, 5.41) is 4.59. The minimum atomic E-state index is -0.478. The monoisotopic (exact) mass is 293 g/mol. The Morgan fingerprint density at radius 3 is 2.95 bits per heavy atom. The van der Waals surface area contributed by atoms with Crippen molar-refractivity contribution in [2.45, 2.75) is 6.42 Å². The van der Waals surface area contributed by atoms with Crippen LogP contribution < -0.4 is 15.8 Å². The third-order valence-corrected chi connectivity index (χ3v) is 3.02. The van der Waals surface area contributed by atoms with Gasteiger partial charge in [-0.15, -0.1) is 11.3 Å². The van der Waals surface area contributed by atoms with E-state index in [4.69, 9.17) is 10.5 Å². The van der Waals surface area contributed by atoms with Crippen molar-refractivity contribution in [2.75, 3.05) is 12.4 Å². The fourth-order valence-electron chi connectivity index (χ4n) is 1.36. The summed E-state index contributed by atoms with van der Waals surface area (Å²) in [6.45, 7) is 0. The molecule has 104 valence electrons. The number of ether oxygens (including phenoxy) is 1. The molecule has 0 aliphatic heterocycles. The van der Waals surface area contributed by atoms with Crippen LogP contribution in [0.4, 0.5) is 5.13 Å². The number of amides is 2. The molecule has 0 aliphatic carbocycles. The Kier molecular flexibility index (Phi) is 4.20. The molecule has 2 aromatic heterocycles. The number of nitrogens with two attached hydrogens (primary N) is 1. The van der Waals surface area contributed by atoms with Gasteiger partial charge in [0.15, 0.2) is 5.13 Å². The Bertz CT molecular complexity index is 642. The largest absolute Gasteiger partial charge is 0.481 e. The highest BCUT2D eigenvalue weighted by atomic mass is 32.1. The zero-order valence-electron chi connectivity index (χ0n) is 10.5. The van der Waals surface area contributed by atoms with E-state index in [-0.39, 0.29) is 12.1 Å². The Morgan fingerprint density at radius 1 is 1.45 bits per heavy atom. The number of hydrogen-bond acceptors (Lipinski definition) is 7. The number of aromatic nitrogens is 3. The number of thiazole rings is 1. The quantitative estimate of drug-likeness (QED) is 0.813. The molecule has 0 saturated carbocycles. The minimum absolute atomic E-state index is 0.0354. The number of nitrogens with one attached hydrogen (secondary N) is 1. The predicted octanol–water partition coefficient (Wildman–Crippen LogP) is 0.222. The molecule has 0 spiro atoms. The van der Waals surface area contributed by atoms with Crippen LogP contribution in [0.15, 0.2) is 17.8 Å². The van der Waals surface area contributed by atoms with Gasteiger partial charge in [0.05, 0.1) is 19.2 Å². The van der Waals surface area contributed by atoms with Gasteiger partial charge >= 0.3 is 0 Å². The molecule has 9 heteroatoms. The van der Waals surface area contributed by atoms with Gasteiger partial charge in [-0.05, 0) is 0 Å². The van der Waals surface area contributed by atoms with Crippen molar-refractivity contribution in [1.82, 2.24) is 15.0 Å². The molecule has 0 atom stereocenters. The minimum Gasteiger partial charge on any atom is -0.481 e. The molecule has 0 fully saturated rings. The first-order chi connectivity index (χ1) is 9.58. The number of hydrogen-bond donors (Lipinski definition) is 2. The van der Waals surface area contributed by atoms with E-state index in [0.717, 1.165) is 0 Å². The second-order valence-corrected chi connectivity index (χ2v) is 4.54. The third kappa shape index (κ3) is 3.48. The lowest BCUT2D eigenvalue weighted by atomic mass is 10.3. The first-order valence-electron chi connectivity index (χ1n) is 5.48. The summed E-state index contributed by atoms with van der Waals surface area (Å²) in [5.74, 6) is -0.627. The van der Waals surface area contributed by atoms with Gasteiger partial charge in [-0.25, -0.2) is 15.0 Å². The van der Waals surface area contributed by atoms with Crippen molar-refractivity contribution in [3.05, 3.63) is 29.2 Å².